The molecule has 5 nitrogen and oxygen atoms in total. The van der Waals surface area contributed by atoms with E-state index in [9.17, 15) is 4.79 Å². The highest BCUT2D eigenvalue weighted by Crippen LogP contribution is 2.41. The second-order valence-electron chi connectivity index (χ2n) is 7.54. The van der Waals surface area contributed by atoms with Gasteiger partial charge in [0.15, 0.2) is 0 Å². The zero-order valence-electron chi connectivity index (χ0n) is 14.4. The van der Waals surface area contributed by atoms with Crippen LogP contribution in [0, 0.1) is 11.8 Å². The van der Waals surface area contributed by atoms with Gasteiger partial charge in [0.05, 0.1) is 6.20 Å². The van der Waals surface area contributed by atoms with Crippen molar-refractivity contribution in [3.63, 3.8) is 0 Å². The minimum atomic E-state index is 0.219. The van der Waals surface area contributed by atoms with Crippen molar-refractivity contribution in [3.05, 3.63) is 24.5 Å². The SMILES string of the molecule is CC(=O)N1CCC(N2C[C@H]3CC[C@@H](Oc4cccnc4)[C@H]3C2)CC1. The maximum atomic E-state index is 11.5. The van der Waals surface area contributed by atoms with Crippen molar-refractivity contribution < 1.29 is 9.53 Å². The summed E-state index contributed by atoms with van der Waals surface area (Å²) in [6.07, 6.45) is 8.62. The van der Waals surface area contributed by atoms with Crippen LogP contribution in [0.25, 0.3) is 0 Å². The van der Waals surface area contributed by atoms with E-state index in [1.54, 1.807) is 13.1 Å². The van der Waals surface area contributed by atoms with Crippen LogP contribution in [0.15, 0.2) is 24.5 Å². The third-order valence-electron chi connectivity index (χ3n) is 6.17. The molecule has 1 amide bonds. The summed E-state index contributed by atoms with van der Waals surface area (Å²) in [4.78, 5) is 20.3. The number of nitrogens with zero attached hydrogens (tertiary/aromatic N) is 3. The van der Waals surface area contributed by atoms with Gasteiger partial charge in [0, 0.05) is 51.3 Å². The molecule has 2 saturated heterocycles. The van der Waals surface area contributed by atoms with Gasteiger partial charge in [0.1, 0.15) is 11.9 Å². The van der Waals surface area contributed by atoms with Gasteiger partial charge in [-0.3, -0.25) is 14.7 Å². The number of rotatable bonds is 3. The van der Waals surface area contributed by atoms with E-state index in [1.807, 2.05) is 23.2 Å². The van der Waals surface area contributed by atoms with Crippen molar-refractivity contribution in [1.82, 2.24) is 14.8 Å². The van der Waals surface area contributed by atoms with E-state index >= 15 is 0 Å². The Bertz CT molecular complexity index is 571. The molecule has 130 valence electrons. The zero-order valence-corrected chi connectivity index (χ0v) is 14.4. The Morgan fingerprint density at radius 2 is 2.04 bits per heavy atom. The molecule has 1 aromatic heterocycles. The highest BCUT2D eigenvalue weighted by molar-refractivity contribution is 5.73. The fraction of sp³-hybridized carbons (Fsp3) is 0.684. The van der Waals surface area contributed by atoms with E-state index in [4.69, 9.17) is 4.74 Å². The maximum absolute atomic E-state index is 11.5. The van der Waals surface area contributed by atoms with Gasteiger partial charge in [-0.15, -0.1) is 0 Å². The summed E-state index contributed by atoms with van der Waals surface area (Å²) in [5.41, 5.74) is 0. The number of amides is 1. The normalized spacial score (nSPS) is 31.2. The van der Waals surface area contributed by atoms with Crippen molar-refractivity contribution in [2.45, 2.75) is 44.8 Å². The molecule has 0 aromatic carbocycles. The van der Waals surface area contributed by atoms with E-state index in [0.717, 1.165) is 44.1 Å². The molecule has 24 heavy (non-hydrogen) atoms. The van der Waals surface area contributed by atoms with Gasteiger partial charge in [-0.05, 0) is 43.7 Å². The first-order chi connectivity index (χ1) is 11.7. The third-order valence-corrected chi connectivity index (χ3v) is 6.17. The van der Waals surface area contributed by atoms with Gasteiger partial charge < -0.3 is 9.64 Å². The van der Waals surface area contributed by atoms with Crippen molar-refractivity contribution in [2.24, 2.45) is 11.8 Å². The Hall–Kier alpha value is -1.62. The van der Waals surface area contributed by atoms with Crippen LogP contribution in [0.3, 0.4) is 0 Å². The van der Waals surface area contributed by atoms with E-state index < -0.39 is 0 Å². The van der Waals surface area contributed by atoms with E-state index in [1.165, 1.54) is 19.4 Å². The first kappa shape index (κ1) is 15.9. The summed E-state index contributed by atoms with van der Waals surface area (Å²) < 4.78 is 6.23. The standard InChI is InChI=1S/C19H27N3O2/c1-14(23)21-9-6-16(7-10-21)22-12-15-4-5-19(18(15)13-22)24-17-3-2-8-20-11-17/h2-3,8,11,15-16,18-19H,4-7,9-10,12-13H2,1H3/t15-,18+,19-/m1/s1. The molecule has 2 aliphatic heterocycles. The summed E-state index contributed by atoms with van der Waals surface area (Å²) >= 11 is 0. The third kappa shape index (κ3) is 3.14. The number of piperidine rings is 1. The molecule has 1 saturated carbocycles. The molecular weight excluding hydrogens is 302 g/mol. The number of pyridine rings is 1. The molecule has 1 aliphatic carbocycles. The smallest absolute Gasteiger partial charge is 0.219 e. The monoisotopic (exact) mass is 329 g/mol. The summed E-state index contributed by atoms with van der Waals surface area (Å²) in [5, 5.41) is 0. The lowest BCUT2D eigenvalue weighted by atomic mass is 9.99. The predicted octanol–water partition coefficient (Wildman–Crippen LogP) is 2.18. The van der Waals surface area contributed by atoms with Crippen molar-refractivity contribution >= 4 is 5.91 Å². The first-order valence-electron chi connectivity index (χ1n) is 9.27. The molecule has 3 fully saturated rings. The minimum absolute atomic E-state index is 0.219. The molecule has 3 heterocycles. The summed E-state index contributed by atoms with van der Waals surface area (Å²) in [6, 6.07) is 4.58. The zero-order chi connectivity index (χ0) is 16.5. The number of ether oxygens (including phenoxy) is 1. The van der Waals surface area contributed by atoms with Crippen molar-refractivity contribution in [1.29, 1.82) is 0 Å². The lowest BCUT2D eigenvalue weighted by molar-refractivity contribution is -0.130. The van der Waals surface area contributed by atoms with Crippen LogP contribution in [0.4, 0.5) is 0 Å². The second kappa shape index (κ2) is 6.71. The molecule has 0 radical (unpaired) electrons. The average Bonchev–Trinajstić information content (AvgIpc) is 3.18. The number of aromatic nitrogens is 1. The fourth-order valence-corrected chi connectivity index (χ4v) is 4.83. The quantitative estimate of drug-likeness (QED) is 0.853. The molecule has 5 heteroatoms. The summed E-state index contributed by atoms with van der Waals surface area (Å²) in [5.74, 6) is 2.54. The van der Waals surface area contributed by atoms with Gasteiger partial charge in [0.2, 0.25) is 5.91 Å². The number of carbonyl (C=O) groups excluding carboxylic acids is 1. The summed E-state index contributed by atoms with van der Waals surface area (Å²) in [6.45, 7) is 5.88. The highest BCUT2D eigenvalue weighted by Gasteiger charge is 2.45. The average molecular weight is 329 g/mol. The Kier molecular flexibility index (Phi) is 4.44. The van der Waals surface area contributed by atoms with Gasteiger partial charge in [-0.2, -0.15) is 0 Å². The maximum Gasteiger partial charge on any atom is 0.219 e. The molecular formula is C19H27N3O2. The van der Waals surface area contributed by atoms with Crippen molar-refractivity contribution in [2.75, 3.05) is 26.2 Å². The first-order valence-corrected chi connectivity index (χ1v) is 9.27. The minimum Gasteiger partial charge on any atom is -0.488 e. The number of likely N-dealkylation sites (tertiary alicyclic amines) is 2. The second-order valence-corrected chi connectivity index (χ2v) is 7.54. The molecule has 0 spiro atoms. The van der Waals surface area contributed by atoms with E-state index in [-0.39, 0.29) is 5.91 Å². The fourth-order valence-electron chi connectivity index (χ4n) is 4.83. The van der Waals surface area contributed by atoms with Crippen LogP contribution in [0.5, 0.6) is 5.75 Å². The number of carbonyl (C=O) groups is 1. The topological polar surface area (TPSA) is 45.7 Å². The molecule has 3 aliphatic rings. The highest BCUT2D eigenvalue weighted by atomic mass is 16.5. The largest absolute Gasteiger partial charge is 0.488 e. The number of hydrogen-bond acceptors (Lipinski definition) is 4. The van der Waals surface area contributed by atoms with Crippen LogP contribution in [0.2, 0.25) is 0 Å². The molecule has 0 N–H and O–H groups in total. The molecule has 4 rings (SSSR count). The van der Waals surface area contributed by atoms with Crippen LogP contribution in [-0.2, 0) is 4.79 Å². The predicted molar refractivity (Wildman–Crippen MR) is 91.7 cm³/mol. The molecule has 0 bridgehead atoms. The molecule has 1 aromatic rings. The van der Waals surface area contributed by atoms with Crippen LogP contribution in [-0.4, -0.2) is 59.0 Å². The van der Waals surface area contributed by atoms with Gasteiger partial charge >= 0.3 is 0 Å². The lowest BCUT2D eigenvalue weighted by Crippen LogP contribution is -2.46. The molecule has 3 atom stereocenters. The Balaban J connectivity index is 1.34. The Labute approximate surface area is 144 Å². The van der Waals surface area contributed by atoms with Gasteiger partial charge in [-0.25, -0.2) is 0 Å². The van der Waals surface area contributed by atoms with Crippen LogP contribution < -0.4 is 4.74 Å². The van der Waals surface area contributed by atoms with E-state index in [0.29, 0.717) is 18.1 Å². The van der Waals surface area contributed by atoms with Crippen LogP contribution >= 0.6 is 0 Å². The lowest BCUT2D eigenvalue weighted by Gasteiger charge is -2.37. The van der Waals surface area contributed by atoms with Crippen molar-refractivity contribution in [3.8, 4) is 5.75 Å². The number of hydrogen-bond donors (Lipinski definition) is 0. The van der Waals surface area contributed by atoms with Gasteiger partial charge in [0.25, 0.3) is 0 Å². The molecule has 0 unspecified atom stereocenters. The Morgan fingerprint density at radius 3 is 2.75 bits per heavy atom. The van der Waals surface area contributed by atoms with E-state index in [2.05, 4.69) is 9.88 Å². The van der Waals surface area contributed by atoms with Crippen LogP contribution in [0.1, 0.15) is 32.6 Å². The van der Waals surface area contributed by atoms with Gasteiger partial charge in [-0.1, -0.05) is 0 Å². The number of fused-ring (bicyclic) bond motifs is 1. The summed E-state index contributed by atoms with van der Waals surface area (Å²) in [7, 11) is 0. The Morgan fingerprint density at radius 1 is 1.21 bits per heavy atom.